The molecule has 2 rings (SSSR count). The van der Waals surface area contributed by atoms with Crippen LogP contribution in [0.1, 0.15) is 6.42 Å². The second kappa shape index (κ2) is 4.87. The number of carbonyl (C=O) groups is 1. The molecule has 0 spiro atoms. The first-order chi connectivity index (χ1) is 7.61. The summed E-state index contributed by atoms with van der Waals surface area (Å²) in [5.41, 5.74) is 0.777. The first-order valence-electron chi connectivity index (χ1n) is 4.93. The van der Waals surface area contributed by atoms with Crippen LogP contribution in [0.25, 0.3) is 0 Å². The number of carbonyl (C=O) groups excluding carboxylic acids is 1. The second-order valence-corrected chi connectivity index (χ2v) is 5.30. The molecule has 16 heavy (non-hydrogen) atoms. The normalized spacial score (nSPS) is 20.6. The Morgan fingerprint density at radius 3 is 2.88 bits per heavy atom. The number of alkyl halides is 1. The fourth-order valence-corrected chi connectivity index (χ4v) is 2.79. The smallest absolute Gasteiger partial charge is 0.227 e. The average molecular weight is 354 g/mol. The van der Waals surface area contributed by atoms with Gasteiger partial charge in [0.15, 0.2) is 0 Å². The molecule has 1 aliphatic rings. The van der Waals surface area contributed by atoms with Gasteiger partial charge in [-0.05, 0) is 46.7 Å². The van der Waals surface area contributed by atoms with Crippen LogP contribution in [0.2, 0.25) is 0 Å². The Labute approximate surface area is 112 Å². The lowest BCUT2D eigenvalue weighted by atomic mass is 10.1. The van der Waals surface area contributed by atoms with E-state index in [-0.39, 0.29) is 17.6 Å². The van der Waals surface area contributed by atoms with Gasteiger partial charge in [-0.2, -0.15) is 0 Å². The lowest BCUT2D eigenvalue weighted by Crippen LogP contribution is -2.25. The Morgan fingerprint density at radius 2 is 2.31 bits per heavy atom. The zero-order valence-electron chi connectivity index (χ0n) is 8.42. The molecule has 5 heteroatoms. The maximum absolute atomic E-state index is 12.9. The van der Waals surface area contributed by atoms with Crippen LogP contribution in [0, 0.1) is 15.3 Å². The van der Waals surface area contributed by atoms with Crippen molar-refractivity contribution >= 4 is 45.8 Å². The lowest BCUT2D eigenvalue weighted by Gasteiger charge is -2.18. The molecular weight excluding hydrogens is 343 g/mol. The summed E-state index contributed by atoms with van der Waals surface area (Å²) in [4.78, 5) is 13.4. The summed E-state index contributed by atoms with van der Waals surface area (Å²) in [7, 11) is 0. The minimum atomic E-state index is -0.284. The maximum Gasteiger partial charge on any atom is 0.227 e. The molecule has 1 unspecified atom stereocenters. The largest absolute Gasteiger partial charge is 0.311 e. The van der Waals surface area contributed by atoms with Gasteiger partial charge in [-0.3, -0.25) is 4.79 Å². The van der Waals surface area contributed by atoms with Gasteiger partial charge >= 0.3 is 0 Å². The number of rotatable bonds is 2. The van der Waals surface area contributed by atoms with E-state index in [1.54, 1.807) is 11.0 Å². The number of halogens is 3. The van der Waals surface area contributed by atoms with E-state index in [9.17, 15) is 9.18 Å². The number of benzene rings is 1. The van der Waals surface area contributed by atoms with E-state index in [0.29, 0.717) is 18.8 Å². The van der Waals surface area contributed by atoms with Gasteiger partial charge < -0.3 is 4.90 Å². The fourth-order valence-electron chi connectivity index (χ4n) is 1.82. The third kappa shape index (κ3) is 2.32. The van der Waals surface area contributed by atoms with E-state index in [2.05, 4.69) is 0 Å². The molecular formula is C11H10ClFINO. The van der Waals surface area contributed by atoms with Crippen LogP contribution in [0.5, 0.6) is 0 Å². The van der Waals surface area contributed by atoms with Crippen molar-refractivity contribution in [2.45, 2.75) is 6.42 Å². The summed E-state index contributed by atoms with van der Waals surface area (Å²) in [5, 5.41) is 0. The lowest BCUT2D eigenvalue weighted by molar-refractivity contribution is -0.117. The van der Waals surface area contributed by atoms with Gasteiger partial charge in [0, 0.05) is 22.4 Å². The van der Waals surface area contributed by atoms with Gasteiger partial charge in [-0.15, -0.1) is 11.6 Å². The Hall–Kier alpha value is -0.360. The third-order valence-electron chi connectivity index (χ3n) is 2.62. The highest BCUT2D eigenvalue weighted by Crippen LogP contribution is 2.29. The van der Waals surface area contributed by atoms with Gasteiger partial charge in [0.05, 0.1) is 5.69 Å². The van der Waals surface area contributed by atoms with Gasteiger partial charge in [0.25, 0.3) is 0 Å². The van der Waals surface area contributed by atoms with Crippen molar-refractivity contribution in [1.29, 1.82) is 0 Å². The first-order valence-corrected chi connectivity index (χ1v) is 6.54. The van der Waals surface area contributed by atoms with Crippen molar-refractivity contribution < 1.29 is 9.18 Å². The minimum Gasteiger partial charge on any atom is -0.311 e. The van der Waals surface area contributed by atoms with Crippen molar-refractivity contribution in [2.24, 2.45) is 5.92 Å². The number of hydrogen-bond acceptors (Lipinski definition) is 1. The molecule has 0 saturated carbocycles. The Morgan fingerprint density at radius 1 is 1.56 bits per heavy atom. The Bertz CT molecular complexity index is 426. The van der Waals surface area contributed by atoms with E-state index in [4.69, 9.17) is 11.6 Å². The number of hydrogen-bond donors (Lipinski definition) is 0. The maximum atomic E-state index is 12.9. The van der Waals surface area contributed by atoms with Gasteiger partial charge in [-0.1, -0.05) is 0 Å². The van der Waals surface area contributed by atoms with Crippen molar-refractivity contribution in [2.75, 3.05) is 17.3 Å². The molecule has 0 N–H and O–H groups in total. The molecule has 1 fully saturated rings. The summed E-state index contributed by atoms with van der Waals surface area (Å²) >= 11 is 7.79. The summed E-state index contributed by atoms with van der Waals surface area (Å²) in [6, 6.07) is 4.45. The SMILES string of the molecule is O=C1CC(CCl)CN1c1ccc(F)cc1I. The molecule has 1 aromatic carbocycles. The molecule has 1 aliphatic heterocycles. The van der Waals surface area contributed by atoms with Gasteiger partial charge in [0.1, 0.15) is 5.82 Å². The van der Waals surface area contributed by atoms with E-state index in [1.807, 2.05) is 22.6 Å². The van der Waals surface area contributed by atoms with Crippen molar-refractivity contribution in [3.63, 3.8) is 0 Å². The molecule has 1 heterocycles. The number of amides is 1. The summed E-state index contributed by atoms with van der Waals surface area (Å²) in [5.74, 6) is 0.471. The highest BCUT2D eigenvalue weighted by Gasteiger charge is 2.30. The monoisotopic (exact) mass is 353 g/mol. The molecule has 86 valence electrons. The summed E-state index contributed by atoms with van der Waals surface area (Å²) in [6.07, 6.45) is 0.483. The summed E-state index contributed by atoms with van der Waals surface area (Å²) < 4.78 is 13.7. The van der Waals surface area contributed by atoms with Crippen LogP contribution >= 0.6 is 34.2 Å². The van der Waals surface area contributed by atoms with Crippen LogP contribution in [0.15, 0.2) is 18.2 Å². The van der Waals surface area contributed by atoms with Crippen LogP contribution in [-0.2, 0) is 4.79 Å². The summed E-state index contributed by atoms with van der Waals surface area (Å²) in [6.45, 7) is 0.629. The molecule has 2 nitrogen and oxygen atoms in total. The minimum absolute atomic E-state index is 0.0650. The fraction of sp³-hybridized carbons (Fsp3) is 0.364. The first kappa shape index (κ1) is 12.1. The third-order valence-corrected chi connectivity index (χ3v) is 3.92. The van der Waals surface area contributed by atoms with Crippen molar-refractivity contribution in [3.05, 3.63) is 27.6 Å². The van der Waals surface area contributed by atoms with Crippen molar-refractivity contribution in [1.82, 2.24) is 0 Å². The van der Waals surface area contributed by atoms with Crippen LogP contribution in [0.3, 0.4) is 0 Å². The predicted octanol–water partition coefficient (Wildman–Crippen LogP) is 3.02. The van der Waals surface area contributed by atoms with E-state index in [1.165, 1.54) is 12.1 Å². The van der Waals surface area contributed by atoms with E-state index >= 15 is 0 Å². The Kier molecular flexibility index (Phi) is 3.69. The zero-order chi connectivity index (χ0) is 11.7. The molecule has 1 saturated heterocycles. The molecule has 0 bridgehead atoms. The molecule has 1 atom stereocenters. The van der Waals surface area contributed by atoms with Crippen LogP contribution < -0.4 is 4.90 Å². The number of nitrogens with zero attached hydrogens (tertiary/aromatic N) is 1. The van der Waals surface area contributed by atoms with Gasteiger partial charge in [0.2, 0.25) is 5.91 Å². The number of anilines is 1. The molecule has 1 amide bonds. The Balaban J connectivity index is 2.28. The van der Waals surface area contributed by atoms with E-state index in [0.717, 1.165) is 9.26 Å². The van der Waals surface area contributed by atoms with Crippen molar-refractivity contribution in [3.8, 4) is 0 Å². The zero-order valence-corrected chi connectivity index (χ0v) is 11.3. The quantitative estimate of drug-likeness (QED) is 0.591. The van der Waals surface area contributed by atoms with Crippen LogP contribution in [-0.4, -0.2) is 18.3 Å². The molecule has 1 aromatic rings. The standard InChI is InChI=1S/C11H10ClFINO/c12-5-7-3-11(16)15(6-7)10-2-1-8(13)4-9(10)14/h1-2,4,7H,3,5-6H2. The van der Waals surface area contributed by atoms with E-state index < -0.39 is 0 Å². The predicted molar refractivity (Wildman–Crippen MR) is 70.3 cm³/mol. The second-order valence-electron chi connectivity index (χ2n) is 3.82. The van der Waals surface area contributed by atoms with Gasteiger partial charge in [-0.25, -0.2) is 4.39 Å². The highest BCUT2D eigenvalue weighted by molar-refractivity contribution is 14.1. The highest BCUT2D eigenvalue weighted by atomic mass is 127. The topological polar surface area (TPSA) is 20.3 Å². The average Bonchev–Trinajstić information content (AvgIpc) is 2.60. The molecule has 0 radical (unpaired) electrons. The van der Waals surface area contributed by atoms with Crippen LogP contribution in [0.4, 0.5) is 10.1 Å². The molecule has 0 aliphatic carbocycles. The molecule has 0 aromatic heterocycles.